The van der Waals surface area contributed by atoms with Crippen LogP contribution in [0.5, 0.6) is 0 Å². The number of nitrogens with zero attached hydrogens (tertiary/aromatic N) is 1. The van der Waals surface area contributed by atoms with E-state index in [1.54, 1.807) is 6.07 Å². The Balaban J connectivity index is 2.45. The van der Waals surface area contributed by atoms with E-state index in [4.69, 9.17) is 9.16 Å². The molecule has 0 saturated heterocycles. The summed E-state index contributed by atoms with van der Waals surface area (Å²) >= 11 is 0. The van der Waals surface area contributed by atoms with Crippen LogP contribution in [-0.4, -0.2) is 27.1 Å². The Morgan fingerprint density at radius 1 is 1.00 bits per heavy atom. The Bertz CT molecular complexity index is 859. The molecule has 0 amide bonds. The summed E-state index contributed by atoms with van der Waals surface area (Å²) in [6, 6.07) is 10.1. The average molecular weight is 443 g/mol. The number of carbonyl (C=O) groups excluding carboxylic acids is 1. The Morgan fingerprint density at radius 2 is 1.65 bits per heavy atom. The van der Waals surface area contributed by atoms with Crippen molar-refractivity contribution < 1.29 is 14.0 Å². The van der Waals surface area contributed by atoms with Crippen molar-refractivity contribution in [3.63, 3.8) is 0 Å². The number of rotatable bonds is 11. The lowest BCUT2D eigenvalue weighted by Gasteiger charge is -2.47. The second-order valence-corrected chi connectivity index (χ2v) is 11.7. The Hall–Kier alpha value is -1.72. The molecule has 0 saturated carbocycles. The van der Waals surface area contributed by atoms with Gasteiger partial charge in [-0.15, -0.1) is 0 Å². The number of methoxy groups -OCH3 is 1. The number of hydrogen-bond acceptors (Lipinski definition) is 4. The highest BCUT2D eigenvalue weighted by molar-refractivity contribution is 6.48. The molecule has 1 atom stereocenters. The summed E-state index contributed by atoms with van der Waals surface area (Å²) in [5.41, 5.74) is 1.84. The normalized spacial score (nSPS) is 14.1. The first-order chi connectivity index (χ1) is 14.6. The predicted octanol–water partition coefficient (Wildman–Crippen LogP) is 7.28. The minimum atomic E-state index is -0.943. The van der Waals surface area contributed by atoms with E-state index in [2.05, 4.69) is 64.0 Å². The van der Waals surface area contributed by atoms with Gasteiger partial charge in [-0.3, -0.25) is 0 Å². The molecule has 31 heavy (non-hydrogen) atoms. The summed E-state index contributed by atoms with van der Waals surface area (Å²) in [6.07, 6.45) is 8.54. The first kappa shape index (κ1) is 25.5. The highest BCUT2D eigenvalue weighted by atomic mass is 28.3. The fourth-order valence-corrected chi connectivity index (χ4v) is 5.53. The van der Waals surface area contributed by atoms with Crippen LogP contribution in [0.1, 0.15) is 88.7 Å². The van der Waals surface area contributed by atoms with Gasteiger partial charge in [0, 0.05) is 5.39 Å². The fourth-order valence-electron chi connectivity index (χ4n) is 4.30. The van der Waals surface area contributed by atoms with Crippen molar-refractivity contribution in [3.05, 3.63) is 41.6 Å². The van der Waals surface area contributed by atoms with Gasteiger partial charge in [-0.25, -0.2) is 9.78 Å². The summed E-state index contributed by atoms with van der Waals surface area (Å²) in [5, 5.41) is 1.01. The highest BCUT2D eigenvalue weighted by Crippen LogP contribution is 2.47. The zero-order chi connectivity index (χ0) is 23.1. The Kier molecular flexibility index (Phi) is 9.25. The number of aromatic nitrogens is 1. The zero-order valence-corrected chi connectivity index (χ0v) is 21.5. The van der Waals surface area contributed by atoms with Crippen LogP contribution in [0.4, 0.5) is 0 Å². The number of carbonyl (C=O) groups is 1. The molecule has 0 spiro atoms. The van der Waals surface area contributed by atoms with E-state index in [0.29, 0.717) is 5.69 Å². The maximum absolute atomic E-state index is 12.0. The van der Waals surface area contributed by atoms with Crippen molar-refractivity contribution in [2.24, 2.45) is 5.41 Å². The Labute approximate surface area is 190 Å². The van der Waals surface area contributed by atoms with Gasteiger partial charge in [0.1, 0.15) is 5.69 Å². The molecule has 1 aromatic carbocycles. The molecule has 0 aliphatic carbocycles. The van der Waals surface area contributed by atoms with Crippen LogP contribution in [0.15, 0.2) is 30.3 Å². The molecule has 0 aliphatic heterocycles. The molecular formula is C26H40NO3Si. The lowest BCUT2D eigenvalue weighted by molar-refractivity contribution is -0.0505. The van der Waals surface area contributed by atoms with Gasteiger partial charge < -0.3 is 9.16 Å². The third kappa shape index (κ3) is 6.39. The number of ether oxygens (including phenoxy) is 1. The van der Waals surface area contributed by atoms with E-state index >= 15 is 0 Å². The molecule has 2 aromatic rings. The van der Waals surface area contributed by atoms with E-state index in [-0.39, 0.29) is 11.0 Å². The predicted molar refractivity (Wildman–Crippen MR) is 131 cm³/mol. The molecule has 0 bridgehead atoms. The molecule has 1 unspecified atom stereocenters. The van der Waals surface area contributed by atoms with E-state index in [1.165, 1.54) is 39.2 Å². The maximum atomic E-state index is 12.0. The van der Waals surface area contributed by atoms with Crippen LogP contribution in [0.25, 0.3) is 10.9 Å². The van der Waals surface area contributed by atoms with Crippen molar-refractivity contribution in [1.82, 2.24) is 4.98 Å². The standard InChI is InChI=1S/C26H40NO3Si/c1-8-9-10-11-12-13-18-26(25(2,3)4,30-31(6)7)21-16-14-20-15-17-22(24(28)29-5)27-23(20)19-21/h14-17,19H,8-13,18H2,1-7H3. The number of fused-ring (bicyclic) bond motifs is 1. The molecule has 1 radical (unpaired) electrons. The van der Waals surface area contributed by atoms with Gasteiger partial charge in [-0.05, 0) is 42.6 Å². The average Bonchev–Trinajstić information content (AvgIpc) is 2.72. The highest BCUT2D eigenvalue weighted by Gasteiger charge is 2.44. The van der Waals surface area contributed by atoms with Crippen LogP contribution < -0.4 is 0 Å². The second kappa shape index (κ2) is 11.2. The lowest BCUT2D eigenvalue weighted by atomic mass is 9.69. The molecule has 1 aromatic heterocycles. The smallest absolute Gasteiger partial charge is 0.356 e. The van der Waals surface area contributed by atoms with E-state index in [9.17, 15) is 4.79 Å². The van der Waals surface area contributed by atoms with Crippen molar-refractivity contribution in [3.8, 4) is 0 Å². The van der Waals surface area contributed by atoms with Gasteiger partial charge in [-0.2, -0.15) is 0 Å². The number of unbranched alkanes of at least 4 members (excludes halogenated alkanes) is 5. The first-order valence-electron chi connectivity index (χ1n) is 11.6. The van der Waals surface area contributed by atoms with Crippen molar-refractivity contribution in [1.29, 1.82) is 0 Å². The monoisotopic (exact) mass is 442 g/mol. The summed E-state index contributed by atoms with van der Waals surface area (Å²) in [6.45, 7) is 13.5. The molecule has 0 fully saturated rings. The first-order valence-corrected chi connectivity index (χ1v) is 14.0. The lowest BCUT2D eigenvalue weighted by Crippen LogP contribution is -2.45. The number of hydrogen-bond donors (Lipinski definition) is 0. The largest absolute Gasteiger partial charge is 0.464 e. The van der Waals surface area contributed by atoms with Crippen molar-refractivity contribution >= 4 is 25.9 Å². The number of pyridine rings is 1. The minimum Gasteiger partial charge on any atom is -0.464 e. The quantitative estimate of drug-likeness (QED) is 0.208. The minimum absolute atomic E-state index is 0.0774. The van der Waals surface area contributed by atoms with Gasteiger partial charge in [-0.1, -0.05) is 84.4 Å². The summed E-state index contributed by atoms with van der Waals surface area (Å²) in [7, 11) is 0.441. The van der Waals surface area contributed by atoms with Gasteiger partial charge in [0.05, 0.1) is 18.2 Å². The van der Waals surface area contributed by atoms with E-state index in [1.807, 2.05) is 6.07 Å². The molecule has 5 heteroatoms. The van der Waals surface area contributed by atoms with Crippen LogP contribution in [0.3, 0.4) is 0 Å². The molecule has 2 rings (SSSR count). The van der Waals surface area contributed by atoms with E-state index < -0.39 is 15.0 Å². The molecule has 0 aliphatic rings. The second-order valence-electron chi connectivity index (χ2n) is 9.70. The third-order valence-corrected chi connectivity index (χ3v) is 6.78. The Morgan fingerprint density at radius 3 is 2.26 bits per heavy atom. The zero-order valence-electron chi connectivity index (χ0n) is 20.5. The van der Waals surface area contributed by atoms with Crippen LogP contribution in [-0.2, 0) is 14.8 Å². The molecule has 171 valence electrons. The van der Waals surface area contributed by atoms with Crippen molar-refractivity contribution in [2.75, 3.05) is 7.11 Å². The summed E-state index contributed by atoms with van der Waals surface area (Å²) in [5.74, 6) is -0.412. The topological polar surface area (TPSA) is 48.4 Å². The third-order valence-electron chi connectivity index (χ3n) is 6.03. The summed E-state index contributed by atoms with van der Waals surface area (Å²) < 4.78 is 11.7. The van der Waals surface area contributed by atoms with Crippen LogP contribution >= 0.6 is 0 Å². The van der Waals surface area contributed by atoms with Crippen LogP contribution in [0, 0.1) is 5.41 Å². The van der Waals surface area contributed by atoms with Gasteiger partial charge in [0.15, 0.2) is 0 Å². The van der Waals surface area contributed by atoms with E-state index in [0.717, 1.165) is 29.3 Å². The van der Waals surface area contributed by atoms with Crippen LogP contribution in [0.2, 0.25) is 13.1 Å². The molecule has 1 heterocycles. The fraction of sp³-hybridized carbons (Fsp3) is 0.615. The number of esters is 1. The van der Waals surface area contributed by atoms with Gasteiger partial charge >= 0.3 is 5.97 Å². The SMILES string of the molecule is CCCCCCCCC(O[Si](C)C)(c1ccc2ccc(C(=O)OC)nc2c1)C(C)(C)C. The number of benzene rings is 1. The maximum Gasteiger partial charge on any atom is 0.356 e. The van der Waals surface area contributed by atoms with Gasteiger partial charge in [0.25, 0.3) is 0 Å². The van der Waals surface area contributed by atoms with Gasteiger partial charge in [0.2, 0.25) is 9.04 Å². The van der Waals surface area contributed by atoms with Crippen molar-refractivity contribution in [2.45, 2.75) is 91.3 Å². The molecular weight excluding hydrogens is 402 g/mol. The molecule has 4 nitrogen and oxygen atoms in total. The summed E-state index contributed by atoms with van der Waals surface area (Å²) in [4.78, 5) is 16.6. The molecule has 0 N–H and O–H groups in total.